The average molecular weight is 200 g/mol. The molecule has 3 heteroatoms. The minimum absolute atomic E-state index is 0.0556. The molecule has 0 bridgehead atoms. The van der Waals surface area contributed by atoms with Crippen LogP contribution in [0.4, 0.5) is 0 Å². The van der Waals surface area contributed by atoms with Crippen molar-refractivity contribution in [3.8, 4) is 11.3 Å². The van der Waals surface area contributed by atoms with E-state index in [9.17, 15) is 0 Å². The minimum atomic E-state index is -0.0556. The van der Waals surface area contributed by atoms with Crippen molar-refractivity contribution in [1.82, 2.24) is 4.98 Å². The Labute approximate surface area is 87.9 Å². The van der Waals surface area contributed by atoms with Gasteiger partial charge in [0.25, 0.3) is 0 Å². The van der Waals surface area contributed by atoms with Crippen molar-refractivity contribution < 1.29 is 4.42 Å². The lowest BCUT2D eigenvalue weighted by Crippen LogP contribution is -2.18. The van der Waals surface area contributed by atoms with Crippen molar-refractivity contribution in [3.63, 3.8) is 0 Å². The molecule has 1 fully saturated rings. The van der Waals surface area contributed by atoms with Crippen LogP contribution in [-0.2, 0) is 5.54 Å². The first-order chi connectivity index (χ1) is 7.28. The summed E-state index contributed by atoms with van der Waals surface area (Å²) in [5.74, 6) is 0.795. The molecule has 2 aromatic rings. The SMILES string of the molecule is NC1(c2ccc(-c3cnco3)cc2)CC1. The lowest BCUT2D eigenvalue weighted by atomic mass is 10.0. The van der Waals surface area contributed by atoms with Crippen molar-refractivity contribution in [2.45, 2.75) is 18.4 Å². The molecule has 0 atom stereocenters. The third kappa shape index (κ3) is 1.45. The second-order valence-electron chi connectivity index (χ2n) is 4.10. The standard InChI is InChI=1S/C12H12N2O/c13-12(5-6-12)10-3-1-9(2-4-10)11-7-14-8-15-11/h1-4,7-8H,5-6,13H2. The van der Waals surface area contributed by atoms with Gasteiger partial charge in [0.1, 0.15) is 0 Å². The molecule has 2 N–H and O–H groups in total. The Hall–Kier alpha value is -1.61. The van der Waals surface area contributed by atoms with Crippen molar-refractivity contribution in [3.05, 3.63) is 42.4 Å². The number of rotatable bonds is 2. The zero-order valence-electron chi connectivity index (χ0n) is 8.31. The molecule has 3 rings (SSSR count). The van der Waals surface area contributed by atoms with Crippen LogP contribution in [0.1, 0.15) is 18.4 Å². The van der Waals surface area contributed by atoms with E-state index in [1.807, 2.05) is 12.1 Å². The molecule has 0 spiro atoms. The van der Waals surface area contributed by atoms with Crippen LogP contribution >= 0.6 is 0 Å². The lowest BCUT2D eigenvalue weighted by Gasteiger charge is -2.08. The fraction of sp³-hybridized carbons (Fsp3) is 0.250. The summed E-state index contributed by atoms with van der Waals surface area (Å²) in [6.45, 7) is 0. The molecular formula is C12H12N2O. The number of benzene rings is 1. The first kappa shape index (κ1) is 8.68. The Kier molecular flexibility index (Phi) is 1.70. The van der Waals surface area contributed by atoms with Gasteiger partial charge in [0.15, 0.2) is 12.2 Å². The normalized spacial score (nSPS) is 17.7. The van der Waals surface area contributed by atoms with Gasteiger partial charge in [-0.1, -0.05) is 24.3 Å². The lowest BCUT2D eigenvalue weighted by molar-refractivity contribution is 0.572. The van der Waals surface area contributed by atoms with Gasteiger partial charge in [-0.25, -0.2) is 4.98 Å². The maximum Gasteiger partial charge on any atom is 0.181 e. The minimum Gasteiger partial charge on any atom is -0.444 e. The number of hydrogen-bond acceptors (Lipinski definition) is 3. The van der Waals surface area contributed by atoms with E-state index in [1.54, 1.807) is 6.20 Å². The van der Waals surface area contributed by atoms with Crippen molar-refractivity contribution in [2.75, 3.05) is 0 Å². The quantitative estimate of drug-likeness (QED) is 0.809. The molecule has 1 heterocycles. The van der Waals surface area contributed by atoms with Crippen LogP contribution in [0.2, 0.25) is 0 Å². The number of oxazole rings is 1. The second-order valence-corrected chi connectivity index (χ2v) is 4.10. The summed E-state index contributed by atoms with van der Waals surface area (Å²) < 4.78 is 5.22. The van der Waals surface area contributed by atoms with E-state index in [4.69, 9.17) is 10.2 Å². The maximum absolute atomic E-state index is 6.10. The molecule has 1 aromatic heterocycles. The van der Waals surface area contributed by atoms with Crippen LogP contribution in [0, 0.1) is 0 Å². The molecule has 0 saturated heterocycles. The predicted octanol–water partition coefficient (Wildman–Crippen LogP) is 2.29. The smallest absolute Gasteiger partial charge is 0.181 e. The van der Waals surface area contributed by atoms with E-state index >= 15 is 0 Å². The number of nitrogens with zero attached hydrogens (tertiary/aromatic N) is 1. The Morgan fingerprint density at radius 3 is 2.47 bits per heavy atom. The van der Waals surface area contributed by atoms with E-state index in [0.717, 1.165) is 24.2 Å². The maximum atomic E-state index is 6.10. The van der Waals surface area contributed by atoms with Crippen LogP contribution in [0.3, 0.4) is 0 Å². The van der Waals surface area contributed by atoms with E-state index in [2.05, 4.69) is 17.1 Å². The van der Waals surface area contributed by atoms with Crippen molar-refractivity contribution in [2.24, 2.45) is 5.73 Å². The summed E-state index contributed by atoms with van der Waals surface area (Å²) in [4.78, 5) is 3.89. The van der Waals surface area contributed by atoms with Crippen LogP contribution < -0.4 is 5.73 Å². The number of hydrogen-bond donors (Lipinski definition) is 1. The summed E-state index contributed by atoms with van der Waals surface area (Å²) in [5, 5.41) is 0. The predicted molar refractivity (Wildman–Crippen MR) is 57.0 cm³/mol. The highest BCUT2D eigenvalue weighted by molar-refractivity contribution is 5.57. The number of nitrogens with two attached hydrogens (primary N) is 1. The second kappa shape index (κ2) is 2.94. The molecular weight excluding hydrogens is 188 g/mol. The Morgan fingerprint density at radius 2 is 1.93 bits per heavy atom. The van der Waals surface area contributed by atoms with Gasteiger partial charge < -0.3 is 10.2 Å². The molecule has 0 radical (unpaired) electrons. The molecule has 0 amide bonds. The highest BCUT2D eigenvalue weighted by Gasteiger charge is 2.39. The highest BCUT2D eigenvalue weighted by atomic mass is 16.3. The van der Waals surface area contributed by atoms with E-state index < -0.39 is 0 Å². The molecule has 1 aromatic carbocycles. The molecule has 76 valence electrons. The molecule has 0 unspecified atom stereocenters. The molecule has 3 nitrogen and oxygen atoms in total. The van der Waals surface area contributed by atoms with Gasteiger partial charge in [-0.15, -0.1) is 0 Å². The van der Waals surface area contributed by atoms with Crippen molar-refractivity contribution in [1.29, 1.82) is 0 Å². The summed E-state index contributed by atoms with van der Waals surface area (Å²) in [5.41, 5.74) is 8.30. The average Bonchev–Trinajstić information content (AvgIpc) is 2.84. The van der Waals surface area contributed by atoms with E-state index in [-0.39, 0.29) is 5.54 Å². The number of aromatic nitrogens is 1. The highest BCUT2D eigenvalue weighted by Crippen LogP contribution is 2.42. The summed E-state index contributed by atoms with van der Waals surface area (Å²) in [6, 6.07) is 8.21. The van der Waals surface area contributed by atoms with E-state index in [1.165, 1.54) is 12.0 Å². The zero-order chi connectivity index (χ0) is 10.3. The Bertz CT molecular complexity index is 455. The topological polar surface area (TPSA) is 52.0 Å². The van der Waals surface area contributed by atoms with Gasteiger partial charge in [0, 0.05) is 11.1 Å². The molecule has 1 aliphatic carbocycles. The van der Waals surface area contributed by atoms with Gasteiger partial charge in [-0.2, -0.15) is 0 Å². The first-order valence-corrected chi connectivity index (χ1v) is 5.06. The fourth-order valence-corrected chi connectivity index (χ4v) is 1.75. The zero-order valence-corrected chi connectivity index (χ0v) is 8.31. The molecule has 1 aliphatic rings. The first-order valence-electron chi connectivity index (χ1n) is 5.06. The van der Waals surface area contributed by atoms with Gasteiger partial charge in [0.05, 0.1) is 6.20 Å². The fourth-order valence-electron chi connectivity index (χ4n) is 1.75. The monoisotopic (exact) mass is 200 g/mol. The third-order valence-electron chi connectivity index (χ3n) is 2.97. The van der Waals surface area contributed by atoms with Crippen LogP contribution in [0.15, 0.2) is 41.3 Å². The summed E-state index contributed by atoms with van der Waals surface area (Å²) in [7, 11) is 0. The summed E-state index contributed by atoms with van der Waals surface area (Å²) in [6.07, 6.45) is 5.34. The Morgan fingerprint density at radius 1 is 1.20 bits per heavy atom. The molecule has 1 saturated carbocycles. The van der Waals surface area contributed by atoms with Crippen LogP contribution in [0.25, 0.3) is 11.3 Å². The largest absolute Gasteiger partial charge is 0.444 e. The van der Waals surface area contributed by atoms with Gasteiger partial charge in [-0.3, -0.25) is 0 Å². The van der Waals surface area contributed by atoms with Gasteiger partial charge in [-0.05, 0) is 18.4 Å². The third-order valence-corrected chi connectivity index (χ3v) is 2.97. The van der Waals surface area contributed by atoms with Crippen LogP contribution in [-0.4, -0.2) is 4.98 Å². The van der Waals surface area contributed by atoms with Gasteiger partial charge in [0.2, 0.25) is 0 Å². The molecule has 15 heavy (non-hydrogen) atoms. The van der Waals surface area contributed by atoms with Gasteiger partial charge >= 0.3 is 0 Å². The summed E-state index contributed by atoms with van der Waals surface area (Å²) >= 11 is 0. The van der Waals surface area contributed by atoms with Crippen molar-refractivity contribution >= 4 is 0 Å². The Balaban J connectivity index is 1.94. The van der Waals surface area contributed by atoms with E-state index in [0.29, 0.717) is 0 Å². The molecule has 0 aliphatic heterocycles. The van der Waals surface area contributed by atoms with Crippen LogP contribution in [0.5, 0.6) is 0 Å².